The van der Waals surface area contributed by atoms with Crippen molar-refractivity contribution in [3.63, 3.8) is 0 Å². The van der Waals surface area contributed by atoms with Gasteiger partial charge in [-0.25, -0.2) is 0 Å². The maximum atomic E-state index is 12.2. The molecule has 0 aromatic heterocycles. The first-order valence-electron chi connectivity index (χ1n) is 12.3. The molecular weight excluding hydrogens is 383 g/mol. The molecule has 0 bridgehead atoms. The maximum absolute atomic E-state index is 12.2. The topological polar surface area (TPSA) is 9.23 Å². The predicted octanol–water partition coefficient (Wildman–Crippen LogP) is 8.33. The number of benzene rings is 2. The Bertz CT molecular complexity index is 754. The number of alkyl halides is 1. The van der Waals surface area contributed by atoms with Crippen molar-refractivity contribution in [1.82, 2.24) is 0 Å². The summed E-state index contributed by atoms with van der Waals surface area (Å²) in [6, 6.07) is 17.9. The highest BCUT2D eigenvalue weighted by Crippen LogP contribution is 2.32. The Labute approximate surface area is 188 Å². The number of unbranched alkanes of at least 4 members (excludes halogenated alkanes) is 1. The van der Waals surface area contributed by atoms with Crippen LogP contribution in [0.3, 0.4) is 0 Å². The maximum Gasteiger partial charge on any atom is 0.0897 e. The van der Waals surface area contributed by atoms with Crippen LogP contribution in [0.2, 0.25) is 0 Å². The average molecular weight is 423 g/mol. The minimum absolute atomic E-state index is 0.196. The van der Waals surface area contributed by atoms with Crippen LogP contribution in [-0.2, 0) is 17.8 Å². The second-order valence-electron chi connectivity index (χ2n) is 9.03. The Morgan fingerprint density at radius 3 is 2.16 bits per heavy atom. The third-order valence-electron chi connectivity index (χ3n) is 6.50. The van der Waals surface area contributed by atoms with E-state index in [0.717, 1.165) is 31.3 Å². The average Bonchev–Trinajstić information content (AvgIpc) is 2.82. The largest absolute Gasteiger partial charge is 0.377 e. The summed E-state index contributed by atoms with van der Waals surface area (Å²) in [6.07, 6.45) is 14.9. The molecule has 0 radical (unpaired) electrons. The van der Waals surface area contributed by atoms with Crippen LogP contribution in [0.25, 0.3) is 11.1 Å². The molecule has 1 aliphatic carbocycles. The SMILES string of the molecule is CCCOCc1ccc(-c2ccc(CCC3CCC(/C=C/CCCF)CC3)cc2)cc1. The molecule has 2 heteroatoms. The molecule has 0 spiro atoms. The van der Waals surface area contributed by atoms with Gasteiger partial charge in [-0.3, -0.25) is 4.39 Å². The Hall–Kier alpha value is -1.93. The van der Waals surface area contributed by atoms with Crippen LogP contribution < -0.4 is 0 Å². The molecule has 3 rings (SSSR count). The summed E-state index contributed by atoms with van der Waals surface area (Å²) in [5.74, 6) is 1.58. The standard InChI is InChI=1S/C29H39FO/c1-2-22-31-23-27-15-19-29(20-16-27)28-17-13-26(14-18-28)12-11-25-9-7-24(8-10-25)6-4-3-5-21-30/h4,6,13-20,24-25H,2-3,5,7-12,21-23H2,1H3/b6-4+. The first-order chi connectivity index (χ1) is 15.3. The lowest BCUT2D eigenvalue weighted by Gasteiger charge is -2.26. The van der Waals surface area contributed by atoms with Crippen LogP contribution >= 0.6 is 0 Å². The van der Waals surface area contributed by atoms with Crippen LogP contribution in [0.4, 0.5) is 4.39 Å². The molecule has 1 fully saturated rings. The summed E-state index contributed by atoms with van der Waals surface area (Å²) in [7, 11) is 0. The highest BCUT2D eigenvalue weighted by atomic mass is 19.1. The predicted molar refractivity (Wildman–Crippen MR) is 130 cm³/mol. The van der Waals surface area contributed by atoms with Gasteiger partial charge in [0.2, 0.25) is 0 Å². The minimum atomic E-state index is -0.196. The van der Waals surface area contributed by atoms with Crippen LogP contribution in [-0.4, -0.2) is 13.3 Å². The number of hydrogen-bond donors (Lipinski definition) is 0. The van der Waals surface area contributed by atoms with Gasteiger partial charge in [-0.15, -0.1) is 0 Å². The fourth-order valence-electron chi connectivity index (χ4n) is 4.52. The van der Waals surface area contributed by atoms with E-state index in [2.05, 4.69) is 67.6 Å². The van der Waals surface area contributed by atoms with E-state index in [-0.39, 0.29) is 6.67 Å². The quantitative estimate of drug-likeness (QED) is 0.247. The molecule has 1 aliphatic rings. The summed E-state index contributed by atoms with van der Waals surface area (Å²) in [6.45, 7) is 3.46. The van der Waals surface area contributed by atoms with Crippen molar-refractivity contribution in [1.29, 1.82) is 0 Å². The minimum Gasteiger partial charge on any atom is -0.377 e. The van der Waals surface area contributed by atoms with Gasteiger partial charge in [-0.1, -0.05) is 67.6 Å². The molecular formula is C29H39FO. The van der Waals surface area contributed by atoms with Crippen LogP contribution in [0.1, 0.15) is 69.4 Å². The number of halogens is 1. The van der Waals surface area contributed by atoms with Gasteiger partial charge < -0.3 is 4.74 Å². The third kappa shape index (κ3) is 8.26. The van der Waals surface area contributed by atoms with E-state index in [9.17, 15) is 4.39 Å². The molecule has 0 atom stereocenters. The first kappa shape index (κ1) is 23.7. The lowest BCUT2D eigenvalue weighted by Crippen LogP contribution is -2.13. The van der Waals surface area contributed by atoms with Gasteiger partial charge in [0.25, 0.3) is 0 Å². The zero-order valence-corrected chi connectivity index (χ0v) is 19.2. The Morgan fingerprint density at radius 2 is 1.55 bits per heavy atom. The molecule has 0 aliphatic heterocycles. The monoisotopic (exact) mass is 422 g/mol. The van der Waals surface area contributed by atoms with Crippen molar-refractivity contribution in [3.05, 3.63) is 71.8 Å². The normalized spacial score (nSPS) is 19.2. The van der Waals surface area contributed by atoms with E-state index in [4.69, 9.17) is 4.74 Å². The second-order valence-corrected chi connectivity index (χ2v) is 9.03. The summed E-state index contributed by atoms with van der Waals surface area (Å²) in [4.78, 5) is 0. The second kappa shape index (κ2) is 13.5. The molecule has 0 N–H and O–H groups in total. The fraction of sp³-hybridized carbons (Fsp3) is 0.517. The number of ether oxygens (including phenoxy) is 1. The Balaban J connectivity index is 1.40. The van der Waals surface area contributed by atoms with Crippen molar-refractivity contribution in [2.45, 2.75) is 71.3 Å². The van der Waals surface area contributed by atoms with Crippen molar-refractivity contribution < 1.29 is 9.13 Å². The van der Waals surface area contributed by atoms with Crippen molar-refractivity contribution in [2.75, 3.05) is 13.3 Å². The van der Waals surface area contributed by atoms with E-state index in [1.165, 1.54) is 60.8 Å². The summed E-state index contributed by atoms with van der Waals surface area (Å²) in [5, 5.41) is 0. The highest BCUT2D eigenvalue weighted by Gasteiger charge is 2.19. The van der Waals surface area contributed by atoms with Gasteiger partial charge in [0.15, 0.2) is 0 Å². The van der Waals surface area contributed by atoms with Crippen LogP contribution in [0.5, 0.6) is 0 Å². The van der Waals surface area contributed by atoms with Crippen molar-refractivity contribution in [3.8, 4) is 11.1 Å². The number of rotatable bonds is 12. The number of allylic oxidation sites excluding steroid dienone is 2. The van der Waals surface area contributed by atoms with Crippen LogP contribution in [0.15, 0.2) is 60.7 Å². The lowest BCUT2D eigenvalue weighted by atomic mass is 9.79. The summed E-state index contributed by atoms with van der Waals surface area (Å²) < 4.78 is 17.8. The van der Waals surface area contributed by atoms with E-state index in [1.807, 2.05) is 0 Å². The molecule has 2 aromatic rings. The van der Waals surface area contributed by atoms with Crippen molar-refractivity contribution >= 4 is 0 Å². The number of aryl methyl sites for hydroxylation is 1. The Kier molecular flexibility index (Phi) is 10.3. The lowest BCUT2D eigenvalue weighted by molar-refractivity contribution is 0.121. The van der Waals surface area contributed by atoms with Gasteiger partial charge in [0.1, 0.15) is 0 Å². The van der Waals surface area contributed by atoms with E-state index < -0.39 is 0 Å². The molecule has 31 heavy (non-hydrogen) atoms. The van der Waals surface area contributed by atoms with Gasteiger partial charge >= 0.3 is 0 Å². The molecule has 0 heterocycles. The molecule has 0 saturated heterocycles. The van der Waals surface area contributed by atoms with E-state index in [0.29, 0.717) is 13.0 Å². The van der Waals surface area contributed by atoms with Gasteiger partial charge in [0, 0.05) is 6.61 Å². The zero-order valence-electron chi connectivity index (χ0n) is 19.2. The fourth-order valence-corrected chi connectivity index (χ4v) is 4.52. The van der Waals surface area contributed by atoms with Gasteiger partial charge in [0.05, 0.1) is 13.3 Å². The summed E-state index contributed by atoms with van der Waals surface area (Å²) in [5.41, 5.74) is 5.23. The van der Waals surface area contributed by atoms with Gasteiger partial charge in [-0.2, -0.15) is 0 Å². The molecule has 1 nitrogen and oxygen atoms in total. The molecule has 2 aromatic carbocycles. The summed E-state index contributed by atoms with van der Waals surface area (Å²) >= 11 is 0. The molecule has 0 amide bonds. The van der Waals surface area contributed by atoms with Gasteiger partial charge in [-0.05, 0) is 91.9 Å². The molecule has 0 unspecified atom stereocenters. The Morgan fingerprint density at radius 1 is 0.903 bits per heavy atom. The highest BCUT2D eigenvalue weighted by molar-refractivity contribution is 5.63. The molecule has 168 valence electrons. The molecule has 1 saturated carbocycles. The first-order valence-corrected chi connectivity index (χ1v) is 12.3. The smallest absolute Gasteiger partial charge is 0.0897 e. The van der Waals surface area contributed by atoms with Crippen LogP contribution in [0, 0.1) is 11.8 Å². The third-order valence-corrected chi connectivity index (χ3v) is 6.50. The van der Waals surface area contributed by atoms with E-state index >= 15 is 0 Å². The van der Waals surface area contributed by atoms with Crippen molar-refractivity contribution in [2.24, 2.45) is 11.8 Å². The number of hydrogen-bond acceptors (Lipinski definition) is 1. The zero-order chi connectivity index (χ0) is 21.7. The van der Waals surface area contributed by atoms with E-state index in [1.54, 1.807) is 0 Å².